The summed E-state index contributed by atoms with van der Waals surface area (Å²) < 4.78 is 1.64. The van der Waals surface area contributed by atoms with Crippen molar-refractivity contribution in [2.45, 2.75) is 32.1 Å². The monoisotopic (exact) mass is 242 g/mol. The average molecular weight is 243 g/mol. The quantitative estimate of drug-likeness (QED) is 0.881. The lowest BCUT2D eigenvalue weighted by molar-refractivity contribution is -0.141. The van der Waals surface area contributed by atoms with Crippen LogP contribution in [0.1, 0.15) is 36.9 Å². The van der Waals surface area contributed by atoms with Gasteiger partial charge in [-0.3, -0.25) is 9.48 Å². The maximum absolute atomic E-state index is 10.8. The molecule has 0 amide bonds. The third-order valence-corrected chi connectivity index (χ3v) is 3.47. The summed E-state index contributed by atoms with van der Waals surface area (Å²) in [6, 6.07) is 0. The molecule has 1 aromatic rings. The number of hydrogen-bond acceptors (Lipinski definition) is 2. The summed E-state index contributed by atoms with van der Waals surface area (Å²) in [6.07, 6.45) is 2.75. The van der Waals surface area contributed by atoms with Crippen molar-refractivity contribution in [1.82, 2.24) is 9.78 Å². The molecular weight excluding hydrogens is 228 g/mol. The molecule has 16 heavy (non-hydrogen) atoms. The van der Waals surface area contributed by atoms with Crippen LogP contribution in [0.15, 0.2) is 0 Å². The molecule has 0 bridgehead atoms. The molecule has 0 aromatic carbocycles. The van der Waals surface area contributed by atoms with Gasteiger partial charge >= 0.3 is 5.97 Å². The Labute approximate surface area is 99.2 Å². The highest BCUT2D eigenvalue weighted by Crippen LogP contribution is 2.42. The second-order valence-electron chi connectivity index (χ2n) is 4.50. The molecule has 2 rings (SSSR count). The van der Waals surface area contributed by atoms with Crippen molar-refractivity contribution >= 4 is 17.6 Å². The van der Waals surface area contributed by atoms with Crippen LogP contribution in [-0.4, -0.2) is 20.9 Å². The second-order valence-corrected chi connectivity index (χ2v) is 4.85. The topological polar surface area (TPSA) is 55.1 Å². The zero-order valence-corrected chi connectivity index (χ0v) is 10.2. The van der Waals surface area contributed by atoms with Crippen molar-refractivity contribution in [3.05, 3.63) is 16.4 Å². The molecule has 1 atom stereocenters. The van der Waals surface area contributed by atoms with E-state index in [2.05, 4.69) is 5.10 Å². The van der Waals surface area contributed by atoms with E-state index in [4.69, 9.17) is 16.7 Å². The van der Waals surface area contributed by atoms with Gasteiger partial charge in [-0.05, 0) is 19.3 Å². The van der Waals surface area contributed by atoms with E-state index >= 15 is 0 Å². The van der Waals surface area contributed by atoms with Crippen molar-refractivity contribution in [3.8, 4) is 0 Å². The molecule has 1 saturated carbocycles. The number of aryl methyl sites for hydroxylation is 1. The number of carbonyl (C=O) groups is 1. The maximum atomic E-state index is 10.8. The Balaban J connectivity index is 2.27. The van der Waals surface area contributed by atoms with E-state index in [9.17, 15) is 4.79 Å². The van der Waals surface area contributed by atoms with Crippen LogP contribution in [0.2, 0.25) is 5.15 Å². The second kappa shape index (κ2) is 4.09. The fourth-order valence-corrected chi connectivity index (χ4v) is 2.05. The summed E-state index contributed by atoms with van der Waals surface area (Å²) in [4.78, 5) is 10.8. The van der Waals surface area contributed by atoms with Crippen LogP contribution in [0.5, 0.6) is 0 Å². The Morgan fingerprint density at radius 3 is 2.81 bits per heavy atom. The van der Waals surface area contributed by atoms with Gasteiger partial charge in [-0.15, -0.1) is 0 Å². The molecule has 1 heterocycles. The van der Waals surface area contributed by atoms with E-state index < -0.39 is 11.9 Å². The summed E-state index contributed by atoms with van der Waals surface area (Å²) in [5, 5.41) is 13.9. The predicted octanol–water partition coefficient (Wildman–Crippen LogP) is 2.21. The van der Waals surface area contributed by atoms with Crippen LogP contribution >= 0.6 is 11.6 Å². The van der Waals surface area contributed by atoms with Gasteiger partial charge in [-0.2, -0.15) is 5.10 Å². The van der Waals surface area contributed by atoms with Crippen molar-refractivity contribution in [2.24, 2.45) is 13.0 Å². The van der Waals surface area contributed by atoms with Crippen molar-refractivity contribution < 1.29 is 9.90 Å². The molecule has 0 aliphatic heterocycles. The summed E-state index contributed by atoms with van der Waals surface area (Å²) in [7, 11) is 1.79. The fourth-order valence-electron chi connectivity index (χ4n) is 1.83. The number of carboxylic acids is 1. The molecule has 1 unspecified atom stereocenters. The van der Waals surface area contributed by atoms with Gasteiger partial charge in [0.15, 0.2) is 0 Å². The molecule has 1 N–H and O–H groups in total. The molecule has 0 radical (unpaired) electrons. The number of carboxylic acid groups (broad SMARTS) is 1. The van der Waals surface area contributed by atoms with E-state index in [1.807, 2.05) is 0 Å². The van der Waals surface area contributed by atoms with Crippen LogP contribution in [0.3, 0.4) is 0 Å². The lowest BCUT2D eigenvalue weighted by atomic mass is 10.0. The highest BCUT2D eigenvalue weighted by atomic mass is 35.5. The van der Waals surface area contributed by atoms with Gasteiger partial charge in [0.25, 0.3) is 0 Å². The van der Waals surface area contributed by atoms with E-state index in [1.165, 1.54) is 0 Å². The van der Waals surface area contributed by atoms with Crippen molar-refractivity contribution in [2.75, 3.05) is 0 Å². The number of aliphatic carboxylic acids is 1. The smallest absolute Gasteiger partial charge is 0.306 e. The Kier molecular flexibility index (Phi) is 2.93. The fraction of sp³-hybridized carbons (Fsp3) is 0.636. The highest BCUT2D eigenvalue weighted by Gasteiger charge is 2.31. The largest absolute Gasteiger partial charge is 0.481 e. The zero-order chi connectivity index (χ0) is 11.9. The minimum absolute atomic E-state index is 0.417. The highest BCUT2D eigenvalue weighted by molar-refractivity contribution is 6.30. The van der Waals surface area contributed by atoms with Crippen LogP contribution in [0.4, 0.5) is 0 Å². The van der Waals surface area contributed by atoms with E-state index in [0.717, 1.165) is 24.1 Å². The first-order valence-electron chi connectivity index (χ1n) is 5.44. The van der Waals surface area contributed by atoms with Crippen molar-refractivity contribution in [3.63, 3.8) is 0 Å². The Morgan fingerprint density at radius 1 is 1.69 bits per heavy atom. The first-order chi connectivity index (χ1) is 7.50. The summed E-state index contributed by atoms with van der Waals surface area (Å²) >= 11 is 6.14. The third-order valence-electron chi connectivity index (χ3n) is 3.00. The SMILES string of the molecule is CC(Cc1c(C2CC2)nn(C)c1Cl)C(=O)O. The van der Waals surface area contributed by atoms with Crippen molar-refractivity contribution in [1.29, 1.82) is 0 Å². The molecule has 4 nitrogen and oxygen atoms in total. The number of aromatic nitrogens is 2. The van der Waals surface area contributed by atoms with Gasteiger partial charge in [0.1, 0.15) is 5.15 Å². The summed E-state index contributed by atoms with van der Waals surface area (Å²) in [6.45, 7) is 1.70. The standard InChI is InChI=1S/C11H15ClN2O2/c1-6(11(15)16)5-8-9(7-3-4-7)13-14(2)10(8)12/h6-7H,3-5H2,1-2H3,(H,15,16). The minimum atomic E-state index is -0.790. The molecule has 1 aliphatic carbocycles. The Hall–Kier alpha value is -1.03. The van der Waals surface area contributed by atoms with Gasteiger partial charge in [0, 0.05) is 18.5 Å². The molecule has 88 valence electrons. The molecule has 1 fully saturated rings. The number of rotatable bonds is 4. The Morgan fingerprint density at radius 2 is 2.31 bits per heavy atom. The van der Waals surface area contributed by atoms with E-state index in [-0.39, 0.29) is 0 Å². The summed E-state index contributed by atoms with van der Waals surface area (Å²) in [5.41, 5.74) is 1.92. The minimum Gasteiger partial charge on any atom is -0.481 e. The number of halogens is 1. The normalized spacial score (nSPS) is 17.4. The zero-order valence-electron chi connectivity index (χ0n) is 9.40. The first-order valence-corrected chi connectivity index (χ1v) is 5.82. The van der Waals surface area contributed by atoms with E-state index in [0.29, 0.717) is 17.5 Å². The summed E-state index contributed by atoms with van der Waals surface area (Å²) in [5.74, 6) is -0.712. The maximum Gasteiger partial charge on any atom is 0.306 e. The molecule has 5 heteroatoms. The van der Waals surface area contributed by atoms with Gasteiger partial charge in [0.05, 0.1) is 11.6 Å². The third kappa shape index (κ3) is 2.07. The molecule has 0 spiro atoms. The van der Waals surface area contributed by atoms with E-state index in [1.54, 1.807) is 18.7 Å². The van der Waals surface area contributed by atoms with Gasteiger partial charge in [0.2, 0.25) is 0 Å². The molecular formula is C11H15ClN2O2. The lowest BCUT2D eigenvalue weighted by Gasteiger charge is -2.06. The lowest BCUT2D eigenvalue weighted by Crippen LogP contribution is -2.13. The van der Waals surface area contributed by atoms with Crippen LogP contribution < -0.4 is 0 Å². The first kappa shape index (κ1) is 11.5. The van der Waals surface area contributed by atoms with Gasteiger partial charge in [-0.1, -0.05) is 18.5 Å². The molecule has 1 aliphatic rings. The van der Waals surface area contributed by atoms with Crippen LogP contribution in [0.25, 0.3) is 0 Å². The van der Waals surface area contributed by atoms with Crippen LogP contribution in [0, 0.1) is 5.92 Å². The number of hydrogen-bond donors (Lipinski definition) is 1. The molecule has 0 saturated heterocycles. The van der Waals surface area contributed by atoms with Crippen LogP contribution in [-0.2, 0) is 18.3 Å². The van der Waals surface area contributed by atoms with Gasteiger partial charge < -0.3 is 5.11 Å². The Bertz CT molecular complexity index is 424. The number of nitrogens with zero attached hydrogens (tertiary/aromatic N) is 2. The van der Waals surface area contributed by atoms with Gasteiger partial charge in [-0.25, -0.2) is 0 Å². The average Bonchev–Trinajstić information content (AvgIpc) is 3.01. The predicted molar refractivity (Wildman–Crippen MR) is 60.7 cm³/mol. The molecule has 1 aromatic heterocycles.